The van der Waals surface area contributed by atoms with Crippen LogP contribution in [-0.4, -0.2) is 35.2 Å². The first kappa shape index (κ1) is 17.1. The molecule has 20 heavy (non-hydrogen) atoms. The molecule has 0 amide bonds. The molecule has 6 heteroatoms. The fourth-order valence-electron chi connectivity index (χ4n) is 1.77. The van der Waals surface area contributed by atoms with E-state index >= 15 is 0 Å². The van der Waals surface area contributed by atoms with Gasteiger partial charge in [-0.3, -0.25) is 0 Å². The Labute approximate surface area is 121 Å². The molecule has 5 nitrogen and oxygen atoms in total. The van der Waals surface area contributed by atoms with Crippen LogP contribution in [0.4, 0.5) is 0 Å². The fraction of sp³-hybridized carbons (Fsp3) is 0.571. The Morgan fingerprint density at radius 1 is 1.35 bits per heavy atom. The fourth-order valence-corrected chi connectivity index (χ4v) is 3.01. The van der Waals surface area contributed by atoms with Gasteiger partial charge < -0.3 is 10.1 Å². The first-order valence-electron chi connectivity index (χ1n) is 6.78. The third-order valence-electron chi connectivity index (χ3n) is 2.86. The number of nitrogens with one attached hydrogen (secondary N) is 2. The Morgan fingerprint density at radius 2 is 2.10 bits per heavy atom. The van der Waals surface area contributed by atoms with Gasteiger partial charge in [0.15, 0.2) is 0 Å². The molecule has 0 fully saturated rings. The van der Waals surface area contributed by atoms with Gasteiger partial charge in [0.1, 0.15) is 0 Å². The lowest BCUT2D eigenvalue weighted by Gasteiger charge is -2.12. The van der Waals surface area contributed by atoms with Crippen molar-refractivity contribution in [3.05, 3.63) is 29.8 Å². The molecule has 0 bridgehead atoms. The molecular formula is C14H24N2O3S. The normalized spacial score (nSPS) is 13.3. The van der Waals surface area contributed by atoms with Crippen LogP contribution in [0.3, 0.4) is 0 Å². The third kappa shape index (κ3) is 5.58. The Bertz CT molecular complexity index is 503. The van der Waals surface area contributed by atoms with Crippen LogP contribution in [0.1, 0.15) is 19.4 Å². The molecule has 1 aromatic carbocycles. The maximum Gasteiger partial charge on any atom is 0.240 e. The van der Waals surface area contributed by atoms with Crippen molar-refractivity contribution in [3.8, 4) is 0 Å². The van der Waals surface area contributed by atoms with Gasteiger partial charge >= 0.3 is 0 Å². The second kappa shape index (κ2) is 8.36. The summed E-state index contributed by atoms with van der Waals surface area (Å²) in [7, 11) is -1.85. The number of sulfonamides is 1. The van der Waals surface area contributed by atoms with Gasteiger partial charge in [0.2, 0.25) is 10.0 Å². The molecule has 0 aromatic heterocycles. The topological polar surface area (TPSA) is 67.4 Å². The molecule has 1 unspecified atom stereocenters. The molecule has 114 valence electrons. The van der Waals surface area contributed by atoms with Crippen molar-refractivity contribution in [2.24, 2.45) is 5.92 Å². The molecule has 0 saturated carbocycles. The monoisotopic (exact) mass is 300 g/mol. The van der Waals surface area contributed by atoms with Gasteiger partial charge in [-0.15, -0.1) is 0 Å². The van der Waals surface area contributed by atoms with Gasteiger partial charge in [0.25, 0.3) is 0 Å². The SMILES string of the molecule is CCNCc1cccc(S(=O)(=O)NCC(C)COC)c1. The Kier molecular flexibility index (Phi) is 7.15. The Hall–Kier alpha value is -0.950. The predicted molar refractivity (Wildman–Crippen MR) is 80.1 cm³/mol. The van der Waals surface area contributed by atoms with Crippen LogP contribution in [0.5, 0.6) is 0 Å². The first-order chi connectivity index (χ1) is 9.49. The summed E-state index contributed by atoms with van der Waals surface area (Å²) in [4.78, 5) is 0.303. The van der Waals surface area contributed by atoms with Crippen molar-refractivity contribution in [1.82, 2.24) is 10.0 Å². The molecule has 1 atom stereocenters. The van der Waals surface area contributed by atoms with E-state index < -0.39 is 10.0 Å². The van der Waals surface area contributed by atoms with Gasteiger partial charge in [-0.2, -0.15) is 0 Å². The summed E-state index contributed by atoms with van der Waals surface area (Å²) < 4.78 is 32.0. The number of ether oxygens (including phenoxy) is 1. The molecule has 0 aliphatic heterocycles. The number of rotatable bonds is 9. The van der Waals surface area contributed by atoms with Crippen molar-refractivity contribution >= 4 is 10.0 Å². The van der Waals surface area contributed by atoms with Crippen molar-refractivity contribution in [2.45, 2.75) is 25.3 Å². The van der Waals surface area contributed by atoms with Gasteiger partial charge in [-0.1, -0.05) is 26.0 Å². The van der Waals surface area contributed by atoms with E-state index in [1.54, 1.807) is 25.3 Å². The highest BCUT2D eigenvalue weighted by Crippen LogP contribution is 2.11. The second-order valence-corrected chi connectivity index (χ2v) is 6.61. The standard InChI is InChI=1S/C14H24N2O3S/c1-4-15-10-13-6-5-7-14(8-13)20(17,18)16-9-12(2)11-19-3/h5-8,12,15-16H,4,9-11H2,1-3H3. The van der Waals surface area contributed by atoms with Crippen LogP contribution >= 0.6 is 0 Å². The molecular weight excluding hydrogens is 276 g/mol. The summed E-state index contributed by atoms with van der Waals surface area (Å²) in [6, 6.07) is 6.99. The molecule has 0 saturated heterocycles. The van der Waals surface area contributed by atoms with Gasteiger partial charge in [-0.05, 0) is 30.2 Å². The maximum atomic E-state index is 12.2. The van der Waals surface area contributed by atoms with Crippen molar-refractivity contribution in [2.75, 3.05) is 26.8 Å². The summed E-state index contributed by atoms with van der Waals surface area (Å²) in [5.74, 6) is 0.139. The number of benzene rings is 1. The van der Waals surface area contributed by atoms with E-state index in [9.17, 15) is 8.42 Å². The van der Waals surface area contributed by atoms with E-state index in [1.165, 1.54) is 0 Å². The van der Waals surface area contributed by atoms with Gasteiger partial charge in [0, 0.05) is 26.8 Å². The third-order valence-corrected chi connectivity index (χ3v) is 4.28. The summed E-state index contributed by atoms with van der Waals surface area (Å²) in [6.07, 6.45) is 0. The first-order valence-corrected chi connectivity index (χ1v) is 8.26. The number of hydrogen-bond acceptors (Lipinski definition) is 4. The quantitative estimate of drug-likeness (QED) is 0.722. The zero-order chi connectivity index (χ0) is 15.0. The van der Waals surface area contributed by atoms with E-state index in [2.05, 4.69) is 10.0 Å². The molecule has 1 aromatic rings. The van der Waals surface area contributed by atoms with Crippen LogP contribution in [-0.2, 0) is 21.3 Å². The van der Waals surface area contributed by atoms with E-state index in [4.69, 9.17) is 4.74 Å². The minimum absolute atomic E-state index is 0.139. The van der Waals surface area contributed by atoms with E-state index in [0.717, 1.165) is 12.1 Å². The molecule has 2 N–H and O–H groups in total. The summed E-state index contributed by atoms with van der Waals surface area (Å²) in [5, 5.41) is 3.18. The lowest BCUT2D eigenvalue weighted by atomic mass is 10.2. The van der Waals surface area contributed by atoms with E-state index in [1.807, 2.05) is 19.9 Å². The highest BCUT2D eigenvalue weighted by atomic mass is 32.2. The predicted octanol–water partition coefficient (Wildman–Crippen LogP) is 1.36. The molecule has 1 rings (SSSR count). The van der Waals surface area contributed by atoms with Crippen LogP contribution < -0.4 is 10.0 Å². The Balaban J connectivity index is 2.71. The zero-order valence-corrected chi connectivity index (χ0v) is 13.2. The lowest BCUT2D eigenvalue weighted by molar-refractivity contribution is 0.161. The lowest BCUT2D eigenvalue weighted by Crippen LogP contribution is -2.30. The van der Waals surface area contributed by atoms with Crippen LogP contribution in [0.2, 0.25) is 0 Å². The minimum Gasteiger partial charge on any atom is -0.384 e. The van der Waals surface area contributed by atoms with Crippen LogP contribution in [0.15, 0.2) is 29.2 Å². The average Bonchev–Trinajstić information content (AvgIpc) is 2.44. The minimum atomic E-state index is -3.45. The average molecular weight is 300 g/mol. The van der Waals surface area contributed by atoms with Gasteiger partial charge in [0.05, 0.1) is 4.90 Å². The largest absolute Gasteiger partial charge is 0.384 e. The maximum absolute atomic E-state index is 12.2. The van der Waals surface area contributed by atoms with Crippen LogP contribution in [0.25, 0.3) is 0 Å². The van der Waals surface area contributed by atoms with Gasteiger partial charge in [-0.25, -0.2) is 13.1 Å². The summed E-state index contributed by atoms with van der Waals surface area (Å²) in [5.41, 5.74) is 0.958. The molecule has 0 aliphatic rings. The van der Waals surface area contributed by atoms with Crippen molar-refractivity contribution < 1.29 is 13.2 Å². The molecule has 0 spiro atoms. The highest BCUT2D eigenvalue weighted by Gasteiger charge is 2.15. The highest BCUT2D eigenvalue weighted by molar-refractivity contribution is 7.89. The number of methoxy groups -OCH3 is 1. The molecule has 0 radical (unpaired) electrons. The van der Waals surface area contributed by atoms with Crippen molar-refractivity contribution in [3.63, 3.8) is 0 Å². The summed E-state index contributed by atoms with van der Waals surface area (Å²) >= 11 is 0. The van der Waals surface area contributed by atoms with E-state index in [-0.39, 0.29) is 5.92 Å². The molecule has 0 heterocycles. The second-order valence-electron chi connectivity index (χ2n) is 4.84. The van der Waals surface area contributed by atoms with E-state index in [0.29, 0.717) is 24.6 Å². The van der Waals surface area contributed by atoms with Crippen molar-refractivity contribution in [1.29, 1.82) is 0 Å². The molecule has 0 aliphatic carbocycles. The number of hydrogen-bond donors (Lipinski definition) is 2. The Morgan fingerprint density at radius 3 is 2.75 bits per heavy atom. The summed E-state index contributed by atoms with van der Waals surface area (Å²) in [6.45, 7) is 6.37. The van der Waals surface area contributed by atoms with Crippen LogP contribution in [0, 0.1) is 5.92 Å². The zero-order valence-electron chi connectivity index (χ0n) is 12.3. The smallest absolute Gasteiger partial charge is 0.240 e.